The van der Waals surface area contributed by atoms with Gasteiger partial charge in [-0.3, -0.25) is 0 Å². The van der Waals surface area contributed by atoms with Gasteiger partial charge in [-0.1, -0.05) is 63.7 Å². The molecule has 0 aliphatic heterocycles. The lowest BCUT2D eigenvalue weighted by atomic mass is 10.1. The van der Waals surface area contributed by atoms with Crippen LogP contribution in [0.3, 0.4) is 0 Å². The van der Waals surface area contributed by atoms with E-state index in [1.807, 2.05) is 0 Å². The fourth-order valence-corrected chi connectivity index (χ4v) is 1.89. The first-order chi connectivity index (χ1) is 9.41. The summed E-state index contributed by atoms with van der Waals surface area (Å²) < 4.78 is 0. The Hall–Kier alpha value is -0.920. The highest BCUT2D eigenvalue weighted by Gasteiger charge is 1.90. The van der Waals surface area contributed by atoms with Crippen LogP contribution in [0.2, 0.25) is 0 Å². The standard InChI is InChI=1S/C18H30O/c1-2-3-4-5-6-7-8-9-10-11-12-13-14-15-16-17-18-19/h19H,2-10,15-18H2,1H3. The van der Waals surface area contributed by atoms with Crippen molar-refractivity contribution in [3.63, 3.8) is 0 Å². The quantitative estimate of drug-likeness (QED) is 0.423. The van der Waals surface area contributed by atoms with Crippen molar-refractivity contribution in [2.45, 2.75) is 84.0 Å². The van der Waals surface area contributed by atoms with Crippen LogP contribution in [0.15, 0.2) is 0 Å². The molecule has 0 spiro atoms. The van der Waals surface area contributed by atoms with Crippen molar-refractivity contribution < 1.29 is 5.11 Å². The number of hydrogen-bond acceptors (Lipinski definition) is 1. The van der Waals surface area contributed by atoms with Crippen molar-refractivity contribution >= 4 is 0 Å². The minimum atomic E-state index is 0.270. The Morgan fingerprint density at radius 3 is 1.63 bits per heavy atom. The average molecular weight is 262 g/mol. The van der Waals surface area contributed by atoms with Gasteiger partial charge in [-0.25, -0.2) is 0 Å². The Balaban J connectivity index is 3.21. The summed E-state index contributed by atoms with van der Waals surface area (Å²) in [5.41, 5.74) is 0. The van der Waals surface area contributed by atoms with Crippen LogP contribution < -0.4 is 0 Å². The normalized spacial score (nSPS) is 9.37. The molecule has 0 aromatic carbocycles. The second-order valence-corrected chi connectivity index (χ2v) is 5.01. The second-order valence-electron chi connectivity index (χ2n) is 5.01. The van der Waals surface area contributed by atoms with Gasteiger partial charge in [-0.2, -0.15) is 0 Å². The summed E-state index contributed by atoms with van der Waals surface area (Å²) in [7, 11) is 0. The average Bonchev–Trinajstić information content (AvgIpc) is 2.43. The topological polar surface area (TPSA) is 20.2 Å². The molecule has 108 valence electrons. The van der Waals surface area contributed by atoms with E-state index in [1.165, 1.54) is 51.4 Å². The molecule has 0 bridgehead atoms. The zero-order valence-electron chi connectivity index (χ0n) is 12.6. The van der Waals surface area contributed by atoms with Gasteiger partial charge in [0.05, 0.1) is 0 Å². The SMILES string of the molecule is CCCCCCCCCCC#CC#CCCCCO. The molecule has 1 N–H and O–H groups in total. The Bertz CT molecular complexity index is 284. The predicted molar refractivity (Wildman–Crippen MR) is 83.7 cm³/mol. The van der Waals surface area contributed by atoms with Crippen molar-refractivity contribution in [3.05, 3.63) is 0 Å². The van der Waals surface area contributed by atoms with Gasteiger partial charge in [0, 0.05) is 19.4 Å². The predicted octanol–water partition coefficient (Wildman–Crippen LogP) is 4.69. The van der Waals surface area contributed by atoms with Gasteiger partial charge in [0.25, 0.3) is 0 Å². The highest BCUT2D eigenvalue weighted by atomic mass is 16.2. The van der Waals surface area contributed by atoms with Crippen LogP contribution >= 0.6 is 0 Å². The zero-order valence-corrected chi connectivity index (χ0v) is 12.6. The molecule has 0 aromatic rings. The number of rotatable bonds is 11. The summed E-state index contributed by atoms with van der Waals surface area (Å²) in [6.07, 6.45) is 14.5. The van der Waals surface area contributed by atoms with Crippen molar-refractivity contribution in [2.24, 2.45) is 0 Å². The van der Waals surface area contributed by atoms with E-state index >= 15 is 0 Å². The molecule has 0 rings (SSSR count). The van der Waals surface area contributed by atoms with E-state index in [0.717, 1.165) is 25.7 Å². The second kappa shape index (κ2) is 17.1. The first kappa shape index (κ1) is 18.1. The maximum Gasteiger partial charge on any atom is 0.0431 e. The lowest BCUT2D eigenvalue weighted by molar-refractivity contribution is 0.285. The van der Waals surface area contributed by atoms with Crippen molar-refractivity contribution in [2.75, 3.05) is 6.61 Å². The molecule has 19 heavy (non-hydrogen) atoms. The fourth-order valence-electron chi connectivity index (χ4n) is 1.89. The van der Waals surface area contributed by atoms with E-state index in [2.05, 4.69) is 30.6 Å². The Morgan fingerprint density at radius 2 is 1.11 bits per heavy atom. The van der Waals surface area contributed by atoms with Gasteiger partial charge >= 0.3 is 0 Å². The third-order valence-corrected chi connectivity index (χ3v) is 3.10. The minimum Gasteiger partial charge on any atom is -0.396 e. The monoisotopic (exact) mass is 262 g/mol. The first-order valence-electron chi connectivity index (χ1n) is 7.98. The smallest absolute Gasteiger partial charge is 0.0431 e. The maximum absolute atomic E-state index is 8.59. The van der Waals surface area contributed by atoms with Crippen LogP contribution in [0, 0.1) is 23.7 Å². The Kier molecular flexibility index (Phi) is 16.3. The van der Waals surface area contributed by atoms with Gasteiger partial charge < -0.3 is 5.11 Å². The molecule has 0 amide bonds. The Labute approximate surface area is 120 Å². The number of unbranched alkanes of at least 4 members (excludes halogenated alkanes) is 10. The molecule has 1 heteroatoms. The van der Waals surface area contributed by atoms with E-state index < -0.39 is 0 Å². The van der Waals surface area contributed by atoms with Crippen molar-refractivity contribution in [3.8, 4) is 23.7 Å². The molecule has 0 fully saturated rings. The lowest BCUT2D eigenvalue weighted by Crippen LogP contribution is -1.80. The molecule has 0 aliphatic carbocycles. The summed E-state index contributed by atoms with van der Waals surface area (Å²) in [6, 6.07) is 0. The number of aliphatic hydroxyl groups excluding tert-OH is 1. The van der Waals surface area contributed by atoms with Gasteiger partial charge in [0.2, 0.25) is 0 Å². The van der Waals surface area contributed by atoms with Crippen LogP contribution in [0.4, 0.5) is 0 Å². The molecule has 0 saturated heterocycles. The summed E-state index contributed by atoms with van der Waals surface area (Å²) in [4.78, 5) is 0. The third-order valence-electron chi connectivity index (χ3n) is 3.10. The molecule has 0 heterocycles. The van der Waals surface area contributed by atoms with Crippen molar-refractivity contribution in [1.82, 2.24) is 0 Å². The molecule has 0 radical (unpaired) electrons. The highest BCUT2D eigenvalue weighted by molar-refractivity contribution is 5.25. The molecule has 0 aliphatic rings. The van der Waals surface area contributed by atoms with Gasteiger partial charge in [-0.05, 0) is 31.1 Å². The third kappa shape index (κ3) is 17.1. The van der Waals surface area contributed by atoms with Crippen molar-refractivity contribution in [1.29, 1.82) is 0 Å². The number of hydrogen-bond donors (Lipinski definition) is 1. The van der Waals surface area contributed by atoms with Gasteiger partial charge in [0.15, 0.2) is 0 Å². The molecular weight excluding hydrogens is 232 g/mol. The minimum absolute atomic E-state index is 0.270. The van der Waals surface area contributed by atoms with E-state index in [4.69, 9.17) is 5.11 Å². The van der Waals surface area contributed by atoms with Crippen LogP contribution in [-0.2, 0) is 0 Å². The summed E-state index contributed by atoms with van der Waals surface area (Å²) in [5.74, 6) is 11.9. The maximum atomic E-state index is 8.59. The van der Waals surface area contributed by atoms with E-state index in [0.29, 0.717) is 0 Å². The number of aliphatic hydroxyl groups is 1. The van der Waals surface area contributed by atoms with E-state index in [9.17, 15) is 0 Å². The summed E-state index contributed by atoms with van der Waals surface area (Å²) in [5, 5.41) is 8.59. The Morgan fingerprint density at radius 1 is 0.632 bits per heavy atom. The van der Waals surface area contributed by atoms with E-state index in [-0.39, 0.29) is 6.61 Å². The molecule has 1 nitrogen and oxygen atoms in total. The largest absolute Gasteiger partial charge is 0.396 e. The van der Waals surface area contributed by atoms with Gasteiger partial charge in [0.1, 0.15) is 0 Å². The molecule has 0 unspecified atom stereocenters. The lowest BCUT2D eigenvalue weighted by Gasteiger charge is -1.98. The molecular formula is C18H30O. The van der Waals surface area contributed by atoms with Gasteiger partial charge in [-0.15, -0.1) is 0 Å². The fraction of sp³-hybridized carbons (Fsp3) is 0.778. The summed E-state index contributed by atoms with van der Waals surface area (Å²) in [6.45, 7) is 2.53. The molecule has 0 aromatic heterocycles. The van der Waals surface area contributed by atoms with Crippen LogP contribution in [-0.4, -0.2) is 11.7 Å². The molecule has 0 saturated carbocycles. The molecule has 0 atom stereocenters. The van der Waals surface area contributed by atoms with Crippen LogP contribution in [0.25, 0.3) is 0 Å². The zero-order chi connectivity index (χ0) is 14.0. The van der Waals surface area contributed by atoms with Crippen LogP contribution in [0.1, 0.15) is 84.0 Å². The summed E-state index contributed by atoms with van der Waals surface area (Å²) >= 11 is 0. The first-order valence-corrected chi connectivity index (χ1v) is 7.98. The van der Waals surface area contributed by atoms with E-state index in [1.54, 1.807) is 0 Å². The van der Waals surface area contributed by atoms with Crippen LogP contribution in [0.5, 0.6) is 0 Å². The highest BCUT2D eigenvalue weighted by Crippen LogP contribution is 2.08.